The van der Waals surface area contributed by atoms with Gasteiger partial charge in [0.1, 0.15) is 18.1 Å². The lowest BCUT2D eigenvalue weighted by molar-refractivity contribution is -0.137. The Bertz CT molecular complexity index is 1530. The van der Waals surface area contributed by atoms with E-state index in [1.54, 1.807) is 6.07 Å². The van der Waals surface area contributed by atoms with Crippen LogP contribution in [0, 0.1) is 0 Å². The number of fused-ring (bicyclic) bond motifs is 1. The normalized spacial score (nSPS) is 11.8. The minimum atomic E-state index is -4.56. The van der Waals surface area contributed by atoms with Crippen LogP contribution in [0.5, 0.6) is 5.75 Å². The van der Waals surface area contributed by atoms with Gasteiger partial charge in [0.25, 0.3) is 5.89 Å². The van der Waals surface area contributed by atoms with Gasteiger partial charge in [-0.2, -0.15) is 18.2 Å². The third-order valence-corrected chi connectivity index (χ3v) is 5.86. The molecule has 5 aromatic rings. The molecule has 0 N–H and O–H groups in total. The van der Waals surface area contributed by atoms with Crippen molar-refractivity contribution in [3.8, 4) is 28.7 Å². The lowest BCUT2D eigenvalue weighted by Gasteiger charge is -2.10. The van der Waals surface area contributed by atoms with Crippen molar-refractivity contribution in [1.29, 1.82) is 0 Å². The van der Waals surface area contributed by atoms with Crippen molar-refractivity contribution in [3.05, 3.63) is 87.1 Å². The van der Waals surface area contributed by atoms with Gasteiger partial charge in [0.15, 0.2) is 5.65 Å². The summed E-state index contributed by atoms with van der Waals surface area (Å²) in [4.78, 5) is 8.48. The van der Waals surface area contributed by atoms with Crippen LogP contribution in [0.3, 0.4) is 0 Å². The molecule has 5 rings (SSSR count). The second-order valence-electron chi connectivity index (χ2n) is 7.39. The summed E-state index contributed by atoms with van der Waals surface area (Å²) in [5.74, 6) is 0.453. The molecule has 0 aliphatic carbocycles. The summed E-state index contributed by atoms with van der Waals surface area (Å²) < 4.78 is 51.4. The van der Waals surface area contributed by atoms with Gasteiger partial charge in [0.2, 0.25) is 5.82 Å². The Morgan fingerprint density at radius 2 is 1.69 bits per heavy atom. The van der Waals surface area contributed by atoms with Crippen molar-refractivity contribution in [2.45, 2.75) is 12.8 Å². The molecule has 0 saturated carbocycles. The largest absolute Gasteiger partial charge is 0.487 e. The highest BCUT2D eigenvalue weighted by Crippen LogP contribution is 2.37. The van der Waals surface area contributed by atoms with Crippen LogP contribution in [0.15, 0.2) is 65.4 Å². The molecule has 0 spiro atoms. The summed E-state index contributed by atoms with van der Waals surface area (Å²) in [6, 6.07) is 13.4. The van der Waals surface area contributed by atoms with Crippen molar-refractivity contribution >= 4 is 40.4 Å². The van der Waals surface area contributed by atoms with E-state index in [2.05, 4.69) is 15.1 Å². The highest BCUT2D eigenvalue weighted by atomic mass is 35.5. The van der Waals surface area contributed by atoms with Crippen LogP contribution in [0.2, 0.25) is 15.1 Å². The Morgan fingerprint density at radius 1 is 0.914 bits per heavy atom. The van der Waals surface area contributed by atoms with E-state index in [-0.39, 0.29) is 38.1 Å². The number of imidazole rings is 1. The second-order valence-corrected chi connectivity index (χ2v) is 8.61. The molecule has 0 fully saturated rings. The molecule has 3 heterocycles. The first-order valence-corrected chi connectivity index (χ1v) is 11.1. The fourth-order valence-electron chi connectivity index (χ4n) is 3.30. The Kier molecular flexibility index (Phi) is 6.08. The first kappa shape index (κ1) is 23.5. The smallest absolute Gasteiger partial charge is 0.417 e. The maximum Gasteiger partial charge on any atom is 0.417 e. The predicted octanol–water partition coefficient (Wildman–Crippen LogP) is 7.61. The summed E-state index contributed by atoms with van der Waals surface area (Å²) in [7, 11) is 0. The second kappa shape index (κ2) is 9.07. The number of hydrogen-bond donors (Lipinski definition) is 0. The first-order valence-electron chi connectivity index (χ1n) is 9.95. The Labute approximate surface area is 210 Å². The van der Waals surface area contributed by atoms with Crippen molar-refractivity contribution in [2.24, 2.45) is 0 Å². The topological polar surface area (TPSA) is 65.5 Å². The molecule has 2 aromatic carbocycles. The molecule has 0 radical (unpaired) electrons. The molecule has 12 heteroatoms. The molecule has 6 nitrogen and oxygen atoms in total. The van der Waals surface area contributed by atoms with Crippen LogP contribution in [-0.4, -0.2) is 19.5 Å². The van der Waals surface area contributed by atoms with Crippen LogP contribution in [0.1, 0.15) is 11.1 Å². The average molecular weight is 540 g/mol. The summed E-state index contributed by atoms with van der Waals surface area (Å²) in [6.45, 7) is 0.301. The van der Waals surface area contributed by atoms with E-state index < -0.39 is 11.7 Å². The van der Waals surface area contributed by atoms with Gasteiger partial charge in [0.05, 0.1) is 20.6 Å². The number of hydrogen-bond acceptors (Lipinski definition) is 5. The maximum atomic E-state index is 13.1. The minimum Gasteiger partial charge on any atom is -0.487 e. The summed E-state index contributed by atoms with van der Waals surface area (Å²) in [6.07, 6.45) is -2.38. The molecule has 0 saturated heterocycles. The average Bonchev–Trinajstić information content (AvgIpc) is 3.47. The third kappa shape index (κ3) is 4.80. The van der Waals surface area contributed by atoms with E-state index in [4.69, 9.17) is 44.1 Å². The molecule has 3 aromatic heterocycles. The van der Waals surface area contributed by atoms with Gasteiger partial charge < -0.3 is 13.7 Å². The predicted molar refractivity (Wildman–Crippen MR) is 125 cm³/mol. The molecule has 178 valence electrons. The van der Waals surface area contributed by atoms with Crippen LogP contribution in [-0.2, 0) is 12.8 Å². The van der Waals surface area contributed by atoms with Gasteiger partial charge >= 0.3 is 6.18 Å². The third-order valence-electron chi connectivity index (χ3n) is 4.98. The Balaban J connectivity index is 1.42. The number of benzene rings is 2. The molecule has 0 atom stereocenters. The standard InChI is InChI=1S/C23H12Cl3F3N4O2/c24-15-8-19(34-11-12-4-2-1-3-5-12)16(25)7-14(15)20-31-22(35-32-20)18-10-33-9-13(23(27,28)29)6-17(26)21(33)30-18/h1-10H,11H2. The van der Waals surface area contributed by atoms with Crippen molar-refractivity contribution in [2.75, 3.05) is 0 Å². The van der Waals surface area contributed by atoms with Crippen LogP contribution < -0.4 is 4.74 Å². The van der Waals surface area contributed by atoms with E-state index in [1.165, 1.54) is 12.3 Å². The number of alkyl halides is 3. The minimum absolute atomic E-state index is 0.0371. The highest BCUT2D eigenvalue weighted by molar-refractivity contribution is 6.36. The van der Waals surface area contributed by atoms with Crippen LogP contribution >= 0.6 is 34.8 Å². The van der Waals surface area contributed by atoms with Gasteiger partial charge in [-0.3, -0.25) is 0 Å². The molecular formula is C23H12Cl3F3N4O2. The molecule has 0 aliphatic heterocycles. The quantitative estimate of drug-likeness (QED) is 0.230. The van der Waals surface area contributed by atoms with Gasteiger partial charge in [-0.15, -0.1) is 0 Å². The number of pyridine rings is 1. The zero-order valence-corrected chi connectivity index (χ0v) is 19.6. The monoisotopic (exact) mass is 538 g/mol. The SMILES string of the molecule is FC(F)(F)c1cc(Cl)c2nc(-c3nc(-c4cc(Cl)c(OCc5ccccc5)cc4Cl)no3)cn2c1. The number of rotatable bonds is 5. The fourth-order valence-corrected chi connectivity index (χ4v) is 4.01. The van der Waals surface area contributed by atoms with E-state index in [0.29, 0.717) is 17.9 Å². The van der Waals surface area contributed by atoms with E-state index in [0.717, 1.165) is 22.2 Å². The first-order chi connectivity index (χ1) is 16.7. The zero-order chi connectivity index (χ0) is 24.7. The summed E-state index contributed by atoms with van der Waals surface area (Å²) >= 11 is 18.8. The van der Waals surface area contributed by atoms with Crippen LogP contribution in [0.25, 0.3) is 28.6 Å². The zero-order valence-electron chi connectivity index (χ0n) is 17.4. The molecular weight excluding hydrogens is 528 g/mol. The Hall–Kier alpha value is -3.27. The van der Waals surface area contributed by atoms with Gasteiger partial charge in [0, 0.05) is 24.0 Å². The number of aromatic nitrogens is 4. The van der Waals surface area contributed by atoms with Crippen molar-refractivity contribution < 1.29 is 22.4 Å². The molecule has 0 unspecified atom stereocenters. The Morgan fingerprint density at radius 3 is 2.43 bits per heavy atom. The summed E-state index contributed by atoms with van der Waals surface area (Å²) in [5.41, 5.74) is 0.660. The van der Waals surface area contributed by atoms with Crippen LogP contribution in [0.4, 0.5) is 13.2 Å². The van der Waals surface area contributed by atoms with Gasteiger partial charge in [-0.25, -0.2) is 4.98 Å². The highest BCUT2D eigenvalue weighted by Gasteiger charge is 2.32. The van der Waals surface area contributed by atoms with E-state index >= 15 is 0 Å². The van der Waals surface area contributed by atoms with Crippen molar-refractivity contribution in [1.82, 2.24) is 19.5 Å². The molecule has 35 heavy (non-hydrogen) atoms. The molecule has 0 bridgehead atoms. The number of halogens is 6. The molecule has 0 aliphatic rings. The fraction of sp³-hybridized carbons (Fsp3) is 0.0870. The lowest BCUT2D eigenvalue weighted by atomic mass is 10.2. The lowest BCUT2D eigenvalue weighted by Crippen LogP contribution is -2.06. The maximum absolute atomic E-state index is 13.1. The molecule has 0 amide bonds. The number of nitrogens with zero attached hydrogens (tertiary/aromatic N) is 4. The van der Waals surface area contributed by atoms with Crippen molar-refractivity contribution in [3.63, 3.8) is 0 Å². The van der Waals surface area contributed by atoms with E-state index in [1.807, 2.05) is 30.3 Å². The van der Waals surface area contributed by atoms with Gasteiger partial charge in [-0.1, -0.05) is 70.3 Å². The summed E-state index contributed by atoms with van der Waals surface area (Å²) in [5, 5.41) is 4.28. The van der Waals surface area contributed by atoms with Gasteiger partial charge in [-0.05, 0) is 17.7 Å². The van der Waals surface area contributed by atoms with E-state index in [9.17, 15) is 13.2 Å². The number of ether oxygens (including phenoxy) is 1.